The Hall–Kier alpha value is -4.38. The highest BCUT2D eigenvalue weighted by atomic mass is 16.5. The molecule has 0 unspecified atom stereocenters. The van der Waals surface area contributed by atoms with Crippen LogP contribution in [-0.4, -0.2) is 21.8 Å². The number of nitriles is 1. The van der Waals surface area contributed by atoms with Gasteiger partial charge in [-0.2, -0.15) is 5.26 Å². The fourth-order valence-corrected chi connectivity index (χ4v) is 4.09. The van der Waals surface area contributed by atoms with Gasteiger partial charge in [0.05, 0.1) is 48.3 Å². The van der Waals surface area contributed by atoms with Crippen molar-refractivity contribution < 1.29 is 13.7 Å². The van der Waals surface area contributed by atoms with E-state index in [1.165, 1.54) is 10.8 Å². The standard InChI is InChI=1S/C24H18N4O4/c1-13-22(14(2)32-27-13)18-8-19-17(9-20(18)30-3)23-21(11-26-19)31-24(29)28(23)12-16-7-5-4-6-15(16)10-25/h4-9,11H,12H2,1-3H3. The summed E-state index contributed by atoms with van der Waals surface area (Å²) >= 11 is 0. The van der Waals surface area contributed by atoms with Gasteiger partial charge in [-0.05, 0) is 37.6 Å². The first-order valence-electron chi connectivity index (χ1n) is 9.93. The molecule has 158 valence electrons. The van der Waals surface area contributed by atoms with E-state index in [0.29, 0.717) is 39.1 Å². The highest BCUT2D eigenvalue weighted by molar-refractivity contribution is 6.04. The lowest BCUT2D eigenvalue weighted by Crippen LogP contribution is -2.15. The number of aromatic nitrogens is 3. The molecule has 0 radical (unpaired) electrons. The van der Waals surface area contributed by atoms with Crippen molar-refractivity contribution in [3.63, 3.8) is 0 Å². The highest BCUT2D eigenvalue weighted by Crippen LogP contribution is 2.38. The van der Waals surface area contributed by atoms with Crippen molar-refractivity contribution in [2.24, 2.45) is 0 Å². The van der Waals surface area contributed by atoms with Gasteiger partial charge in [0.15, 0.2) is 5.58 Å². The monoisotopic (exact) mass is 426 g/mol. The molecule has 0 amide bonds. The van der Waals surface area contributed by atoms with Gasteiger partial charge < -0.3 is 13.7 Å². The maximum absolute atomic E-state index is 12.7. The lowest BCUT2D eigenvalue weighted by atomic mass is 10.0. The molecule has 0 saturated carbocycles. The van der Waals surface area contributed by atoms with Crippen LogP contribution < -0.4 is 10.5 Å². The van der Waals surface area contributed by atoms with E-state index < -0.39 is 5.76 Å². The minimum absolute atomic E-state index is 0.197. The van der Waals surface area contributed by atoms with Crippen LogP contribution in [0, 0.1) is 25.2 Å². The van der Waals surface area contributed by atoms with Crippen molar-refractivity contribution in [2.75, 3.05) is 7.11 Å². The third-order valence-electron chi connectivity index (χ3n) is 5.58. The summed E-state index contributed by atoms with van der Waals surface area (Å²) in [7, 11) is 1.59. The van der Waals surface area contributed by atoms with E-state index in [9.17, 15) is 10.1 Å². The summed E-state index contributed by atoms with van der Waals surface area (Å²) in [5.41, 5.74) is 5.24. The smallest absolute Gasteiger partial charge is 0.420 e. The zero-order valence-electron chi connectivity index (χ0n) is 17.7. The third kappa shape index (κ3) is 2.94. The van der Waals surface area contributed by atoms with E-state index in [1.54, 1.807) is 19.2 Å². The van der Waals surface area contributed by atoms with Crippen molar-refractivity contribution in [1.29, 1.82) is 5.26 Å². The summed E-state index contributed by atoms with van der Waals surface area (Å²) in [6, 6.07) is 13.1. The van der Waals surface area contributed by atoms with Crippen LogP contribution in [0.1, 0.15) is 22.6 Å². The second kappa shape index (κ2) is 7.39. The average molecular weight is 426 g/mol. The Morgan fingerprint density at radius 3 is 2.75 bits per heavy atom. The second-order valence-corrected chi connectivity index (χ2v) is 7.46. The first kappa shape index (κ1) is 19.6. The molecule has 8 nitrogen and oxygen atoms in total. The minimum Gasteiger partial charge on any atom is -0.496 e. The summed E-state index contributed by atoms with van der Waals surface area (Å²) in [6.07, 6.45) is 1.54. The molecule has 2 aromatic carbocycles. The van der Waals surface area contributed by atoms with E-state index in [-0.39, 0.29) is 6.54 Å². The lowest BCUT2D eigenvalue weighted by Gasteiger charge is -2.11. The van der Waals surface area contributed by atoms with Gasteiger partial charge in [0.1, 0.15) is 17.0 Å². The molecule has 0 N–H and O–H groups in total. The van der Waals surface area contributed by atoms with Gasteiger partial charge in [0.2, 0.25) is 0 Å². The minimum atomic E-state index is -0.518. The van der Waals surface area contributed by atoms with Gasteiger partial charge in [-0.15, -0.1) is 0 Å². The van der Waals surface area contributed by atoms with Crippen LogP contribution in [0.5, 0.6) is 5.75 Å². The quantitative estimate of drug-likeness (QED) is 0.421. The maximum Gasteiger partial charge on any atom is 0.420 e. The van der Waals surface area contributed by atoms with Crippen LogP contribution in [-0.2, 0) is 6.54 Å². The Labute approximate surface area is 182 Å². The number of ether oxygens (including phenoxy) is 1. The molecule has 3 heterocycles. The first-order valence-corrected chi connectivity index (χ1v) is 9.93. The Balaban J connectivity index is 1.78. The van der Waals surface area contributed by atoms with Crippen molar-refractivity contribution in [3.8, 4) is 22.9 Å². The number of fused-ring (bicyclic) bond motifs is 3. The van der Waals surface area contributed by atoms with Crippen LogP contribution in [0.3, 0.4) is 0 Å². The van der Waals surface area contributed by atoms with Gasteiger partial charge >= 0.3 is 5.76 Å². The SMILES string of the molecule is COc1cc2c(cc1-c1c(C)noc1C)ncc1oc(=O)n(Cc3ccccc3C#N)c12. The molecule has 0 aliphatic carbocycles. The molecule has 0 aliphatic rings. The molecule has 3 aromatic heterocycles. The molecule has 0 atom stereocenters. The van der Waals surface area contributed by atoms with Gasteiger partial charge in [0, 0.05) is 10.9 Å². The lowest BCUT2D eigenvalue weighted by molar-refractivity contribution is 0.393. The summed E-state index contributed by atoms with van der Waals surface area (Å²) in [5, 5.41) is 14.2. The molecule has 5 aromatic rings. The van der Waals surface area contributed by atoms with Gasteiger partial charge in [-0.1, -0.05) is 23.4 Å². The number of hydrogen-bond donors (Lipinski definition) is 0. The summed E-state index contributed by atoms with van der Waals surface area (Å²) in [6.45, 7) is 3.91. The van der Waals surface area contributed by atoms with Gasteiger partial charge in [-0.25, -0.2) is 4.79 Å². The normalized spacial score (nSPS) is 11.2. The van der Waals surface area contributed by atoms with E-state index in [2.05, 4.69) is 16.2 Å². The molecule has 0 fully saturated rings. The molecular weight excluding hydrogens is 408 g/mol. The second-order valence-electron chi connectivity index (χ2n) is 7.46. The molecule has 0 spiro atoms. The van der Waals surface area contributed by atoms with Crippen LogP contribution in [0.4, 0.5) is 0 Å². The van der Waals surface area contributed by atoms with Crippen LogP contribution in [0.15, 0.2) is 56.3 Å². The zero-order valence-corrected chi connectivity index (χ0v) is 17.7. The number of benzene rings is 2. The van der Waals surface area contributed by atoms with Gasteiger partial charge in [-0.3, -0.25) is 9.55 Å². The predicted octanol–water partition coefficient (Wildman–Crippen LogP) is 4.34. The number of aryl methyl sites for hydroxylation is 2. The number of pyridine rings is 1. The van der Waals surface area contributed by atoms with Crippen molar-refractivity contribution in [3.05, 3.63) is 75.7 Å². The van der Waals surface area contributed by atoms with Crippen molar-refractivity contribution >= 4 is 22.0 Å². The summed E-state index contributed by atoms with van der Waals surface area (Å²) in [4.78, 5) is 17.2. The summed E-state index contributed by atoms with van der Waals surface area (Å²) in [5.74, 6) is 0.754. The highest BCUT2D eigenvalue weighted by Gasteiger charge is 2.21. The Morgan fingerprint density at radius 1 is 1.22 bits per heavy atom. The summed E-state index contributed by atoms with van der Waals surface area (Å²) < 4.78 is 18.0. The Morgan fingerprint density at radius 2 is 2.03 bits per heavy atom. The molecule has 8 heteroatoms. The predicted molar refractivity (Wildman–Crippen MR) is 118 cm³/mol. The fourth-order valence-electron chi connectivity index (χ4n) is 4.09. The topological polar surface area (TPSA) is 107 Å². The van der Waals surface area contributed by atoms with Crippen molar-refractivity contribution in [1.82, 2.24) is 14.7 Å². The zero-order chi connectivity index (χ0) is 22.4. The van der Waals surface area contributed by atoms with Crippen molar-refractivity contribution in [2.45, 2.75) is 20.4 Å². The average Bonchev–Trinajstić information content (AvgIpc) is 3.31. The van der Waals surface area contributed by atoms with Crippen LogP contribution in [0.25, 0.3) is 33.1 Å². The van der Waals surface area contributed by atoms with Gasteiger partial charge in [0.25, 0.3) is 0 Å². The van der Waals surface area contributed by atoms with E-state index >= 15 is 0 Å². The molecule has 0 saturated heterocycles. The van der Waals surface area contributed by atoms with Crippen LogP contribution >= 0.6 is 0 Å². The van der Waals surface area contributed by atoms with Crippen LogP contribution in [0.2, 0.25) is 0 Å². The van der Waals surface area contributed by atoms with E-state index in [4.69, 9.17) is 13.7 Å². The molecule has 0 bridgehead atoms. The molecule has 0 aliphatic heterocycles. The maximum atomic E-state index is 12.7. The number of hydrogen-bond acceptors (Lipinski definition) is 7. The number of rotatable bonds is 4. The molecule has 5 rings (SSSR count). The Kier molecular flexibility index (Phi) is 4.52. The Bertz CT molecular complexity index is 1580. The first-order chi connectivity index (χ1) is 15.5. The number of oxazole rings is 1. The fraction of sp³-hybridized carbons (Fsp3) is 0.167. The van der Waals surface area contributed by atoms with E-state index in [0.717, 1.165) is 22.4 Å². The van der Waals surface area contributed by atoms with E-state index in [1.807, 2.05) is 38.1 Å². The third-order valence-corrected chi connectivity index (χ3v) is 5.58. The number of nitrogens with zero attached hydrogens (tertiary/aromatic N) is 4. The largest absolute Gasteiger partial charge is 0.496 e. The molecule has 32 heavy (non-hydrogen) atoms. The molecular formula is C24H18N4O4. The number of methoxy groups -OCH3 is 1.